The Morgan fingerprint density at radius 2 is 1.66 bits per heavy atom. The van der Waals surface area contributed by atoms with Gasteiger partial charge in [0.15, 0.2) is 0 Å². The summed E-state index contributed by atoms with van der Waals surface area (Å²) >= 11 is 0. The van der Waals surface area contributed by atoms with Crippen molar-refractivity contribution in [1.29, 1.82) is 0 Å². The zero-order valence-corrected chi connectivity index (χ0v) is 15.9. The third-order valence-electron chi connectivity index (χ3n) is 5.70. The zero-order valence-electron chi connectivity index (χ0n) is 15.9. The minimum Gasteiger partial charge on any atom is -0.340 e. The van der Waals surface area contributed by atoms with E-state index < -0.39 is 11.6 Å². The van der Waals surface area contributed by atoms with Crippen molar-refractivity contribution in [3.05, 3.63) is 42.2 Å². The Morgan fingerprint density at radius 1 is 1.00 bits per heavy atom. The molecule has 0 radical (unpaired) electrons. The number of amides is 2. The van der Waals surface area contributed by atoms with Crippen molar-refractivity contribution in [2.45, 2.75) is 44.6 Å². The highest BCUT2D eigenvalue weighted by Gasteiger charge is 2.33. The lowest BCUT2D eigenvalue weighted by Gasteiger charge is -2.34. The van der Waals surface area contributed by atoms with Gasteiger partial charge in [0.25, 0.3) is 0 Å². The van der Waals surface area contributed by atoms with E-state index >= 15 is 0 Å². The average Bonchev–Trinajstić information content (AvgIpc) is 3.14. The summed E-state index contributed by atoms with van der Waals surface area (Å²) in [5.74, 6) is -1.24. The van der Waals surface area contributed by atoms with Crippen LogP contribution in [0.5, 0.6) is 0 Å². The van der Waals surface area contributed by atoms with Crippen molar-refractivity contribution in [2.75, 3.05) is 11.9 Å². The number of likely N-dealkylation sites (tertiary alicyclic amines) is 1. The normalized spacial score (nSPS) is 22.0. The van der Waals surface area contributed by atoms with Crippen LogP contribution in [0.2, 0.25) is 0 Å². The Balaban J connectivity index is 1.33. The van der Waals surface area contributed by atoms with E-state index in [1.54, 1.807) is 0 Å². The molecule has 1 N–H and O–H groups in total. The molecular formula is C21H22F2N4O2. The molecule has 2 heterocycles. The molecule has 2 fully saturated rings. The van der Waals surface area contributed by atoms with Gasteiger partial charge < -0.3 is 4.90 Å². The second-order valence-electron chi connectivity index (χ2n) is 7.64. The molecule has 2 amide bonds. The molecule has 29 heavy (non-hydrogen) atoms. The Morgan fingerprint density at radius 3 is 2.24 bits per heavy atom. The molecule has 1 aromatic heterocycles. The van der Waals surface area contributed by atoms with Crippen LogP contribution in [0.1, 0.15) is 38.5 Å². The number of nitrogens with one attached hydrogen (secondary N) is 1. The van der Waals surface area contributed by atoms with Crippen LogP contribution in [0.15, 0.2) is 30.6 Å². The van der Waals surface area contributed by atoms with Crippen LogP contribution in [-0.2, 0) is 9.59 Å². The number of carbonyl (C=O) groups excluding carboxylic acids is 2. The predicted octanol–water partition coefficient (Wildman–Crippen LogP) is 3.54. The number of hydrogen-bond acceptors (Lipinski definition) is 4. The van der Waals surface area contributed by atoms with E-state index in [-0.39, 0.29) is 29.7 Å². The molecule has 8 heteroatoms. The van der Waals surface area contributed by atoms with Crippen molar-refractivity contribution in [1.82, 2.24) is 14.9 Å². The van der Waals surface area contributed by atoms with Crippen LogP contribution in [0, 0.1) is 17.6 Å². The van der Waals surface area contributed by atoms with E-state index in [9.17, 15) is 18.4 Å². The topological polar surface area (TPSA) is 75.2 Å². The van der Waals surface area contributed by atoms with Crippen LogP contribution in [0.3, 0.4) is 0 Å². The molecule has 2 aliphatic rings. The molecule has 0 bridgehead atoms. The number of halogens is 2. The fourth-order valence-electron chi connectivity index (χ4n) is 4.18. The first-order chi connectivity index (χ1) is 14.0. The van der Waals surface area contributed by atoms with Gasteiger partial charge in [-0.05, 0) is 49.8 Å². The minimum atomic E-state index is -0.677. The van der Waals surface area contributed by atoms with E-state index in [1.165, 1.54) is 24.5 Å². The average molecular weight is 400 g/mol. The fraction of sp³-hybridized carbons (Fsp3) is 0.429. The van der Waals surface area contributed by atoms with Crippen LogP contribution in [0.25, 0.3) is 11.1 Å². The maximum absolute atomic E-state index is 13.4. The number of carbonyl (C=O) groups is 2. The van der Waals surface area contributed by atoms with E-state index in [2.05, 4.69) is 15.3 Å². The van der Waals surface area contributed by atoms with Crippen molar-refractivity contribution in [2.24, 2.45) is 5.92 Å². The molecule has 1 saturated carbocycles. The number of nitrogens with zero attached hydrogens (tertiary/aromatic N) is 3. The SMILES string of the molecule is O=C(Nc1ncc(-c2cc(F)cc(F)c2)cn1)C1CCC(N2CCCC2=O)CC1. The van der Waals surface area contributed by atoms with Gasteiger partial charge in [0.2, 0.25) is 17.8 Å². The molecule has 1 aliphatic carbocycles. The predicted molar refractivity (Wildman–Crippen MR) is 103 cm³/mol. The number of benzene rings is 1. The maximum atomic E-state index is 13.4. The summed E-state index contributed by atoms with van der Waals surface area (Å²) in [5, 5.41) is 2.72. The summed E-state index contributed by atoms with van der Waals surface area (Å²) in [6.45, 7) is 0.829. The van der Waals surface area contributed by atoms with Crippen LogP contribution >= 0.6 is 0 Å². The highest BCUT2D eigenvalue weighted by Crippen LogP contribution is 2.30. The fourth-order valence-corrected chi connectivity index (χ4v) is 4.18. The largest absolute Gasteiger partial charge is 0.340 e. The van der Waals surface area contributed by atoms with Gasteiger partial charge in [-0.25, -0.2) is 18.7 Å². The first kappa shape index (κ1) is 19.4. The van der Waals surface area contributed by atoms with Gasteiger partial charge in [-0.15, -0.1) is 0 Å². The molecule has 2 aromatic rings. The summed E-state index contributed by atoms with van der Waals surface area (Å²) in [6.07, 6.45) is 7.51. The van der Waals surface area contributed by atoms with Gasteiger partial charge in [0, 0.05) is 48.9 Å². The number of aromatic nitrogens is 2. The lowest BCUT2D eigenvalue weighted by atomic mass is 9.85. The first-order valence-corrected chi connectivity index (χ1v) is 9.88. The number of anilines is 1. The van der Waals surface area contributed by atoms with Crippen molar-refractivity contribution in [3.8, 4) is 11.1 Å². The molecule has 1 aromatic carbocycles. The third kappa shape index (κ3) is 4.41. The molecule has 0 unspecified atom stereocenters. The van der Waals surface area contributed by atoms with Crippen molar-refractivity contribution >= 4 is 17.8 Å². The standard InChI is InChI=1S/C21H22F2N4O2/c22-16-8-14(9-17(23)10-16)15-11-24-21(25-12-15)26-20(29)13-3-5-18(6-4-13)27-7-1-2-19(27)28/h8-13,18H,1-7H2,(H,24,25,26,29). The number of hydrogen-bond donors (Lipinski definition) is 1. The summed E-state index contributed by atoms with van der Waals surface area (Å²) in [7, 11) is 0. The minimum absolute atomic E-state index is 0.135. The quantitative estimate of drug-likeness (QED) is 0.852. The van der Waals surface area contributed by atoms with E-state index in [0.717, 1.165) is 44.7 Å². The molecule has 1 saturated heterocycles. The lowest BCUT2D eigenvalue weighted by Crippen LogP contribution is -2.40. The molecule has 0 atom stereocenters. The first-order valence-electron chi connectivity index (χ1n) is 9.88. The van der Waals surface area contributed by atoms with Crippen molar-refractivity contribution in [3.63, 3.8) is 0 Å². The van der Waals surface area contributed by atoms with Crippen LogP contribution < -0.4 is 5.32 Å². The molecule has 0 spiro atoms. The monoisotopic (exact) mass is 400 g/mol. The number of rotatable bonds is 4. The van der Waals surface area contributed by atoms with Crippen LogP contribution in [-0.4, -0.2) is 39.3 Å². The van der Waals surface area contributed by atoms with Crippen molar-refractivity contribution < 1.29 is 18.4 Å². The molecular weight excluding hydrogens is 378 g/mol. The Hall–Kier alpha value is -2.90. The van der Waals surface area contributed by atoms with Gasteiger partial charge in [-0.2, -0.15) is 0 Å². The maximum Gasteiger partial charge on any atom is 0.229 e. The van der Waals surface area contributed by atoms with E-state index in [0.29, 0.717) is 17.5 Å². The Bertz CT molecular complexity index is 891. The summed E-state index contributed by atoms with van der Waals surface area (Å²) in [4.78, 5) is 34.6. The second kappa shape index (κ2) is 8.23. The van der Waals surface area contributed by atoms with E-state index in [4.69, 9.17) is 0 Å². The third-order valence-corrected chi connectivity index (χ3v) is 5.70. The highest BCUT2D eigenvalue weighted by atomic mass is 19.1. The van der Waals surface area contributed by atoms with Gasteiger partial charge in [-0.3, -0.25) is 14.9 Å². The summed E-state index contributed by atoms with van der Waals surface area (Å²) < 4.78 is 26.7. The summed E-state index contributed by atoms with van der Waals surface area (Å²) in [6, 6.07) is 3.44. The van der Waals surface area contributed by atoms with Gasteiger partial charge in [0.1, 0.15) is 11.6 Å². The molecule has 6 nitrogen and oxygen atoms in total. The Kier molecular flexibility index (Phi) is 5.51. The molecule has 152 valence electrons. The van der Waals surface area contributed by atoms with Gasteiger partial charge in [-0.1, -0.05) is 0 Å². The smallest absolute Gasteiger partial charge is 0.229 e. The molecule has 1 aliphatic heterocycles. The van der Waals surface area contributed by atoms with Gasteiger partial charge >= 0.3 is 0 Å². The summed E-state index contributed by atoms with van der Waals surface area (Å²) in [5.41, 5.74) is 0.785. The van der Waals surface area contributed by atoms with E-state index in [1.807, 2.05) is 4.90 Å². The zero-order chi connectivity index (χ0) is 20.4. The molecule has 4 rings (SSSR count). The van der Waals surface area contributed by atoms with Gasteiger partial charge in [0.05, 0.1) is 0 Å². The Labute approximate surface area is 167 Å². The second-order valence-corrected chi connectivity index (χ2v) is 7.64. The van der Waals surface area contributed by atoms with Crippen LogP contribution in [0.4, 0.5) is 14.7 Å². The highest BCUT2D eigenvalue weighted by molar-refractivity contribution is 5.91. The lowest BCUT2D eigenvalue weighted by molar-refractivity contribution is -0.130.